The van der Waals surface area contributed by atoms with Crippen LogP contribution in [-0.2, 0) is 14.3 Å². The molecule has 0 aliphatic rings. The van der Waals surface area contributed by atoms with Gasteiger partial charge in [0.15, 0.2) is 0 Å². The number of allylic oxidation sites excluding steroid dienone is 1. The van der Waals surface area contributed by atoms with Crippen molar-refractivity contribution in [3.63, 3.8) is 0 Å². The van der Waals surface area contributed by atoms with Crippen molar-refractivity contribution in [2.24, 2.45) is 0 Å². The average molecular weight is 234 g/mol. The first kappa shape index (κ1) is 13.0. The number of esters is 2. The number of benzene rings is 1. The summed E-state index contributed by atoms with van der Waals surface area (Å²) >= 11 is 0. The Labute approximate surface area is 99.8 Å². The van der Waals surface area contributed by atoms with Gasteiger partial charge in [-0.15, -0.1) is 0 Å². The highest BCUT2D eigenvalue weighted by Crippen LogP contribution is 2.21. The van der Waals surface area contributed by atoms with E-state index >= 15 is 0 Å². The number of methoxy groups -OCH3 is 2. The lowest BCUT2D eigenvalue weighted by Gasteiger charge is -2.09. The van der Waals surface area contributed by atoms with Gasteiger partial charge in [-0.2, -0.15) is 0 Å². The highest BCUT2D eigenvalue weighted by atomic mass is 16.5. The molecule has 0 saturated heterocycles. The van der Waals surface area contributed by atoms with Gasteiger partial charge in [0.1, 0.15) is 0 Å². The molecule has 1 rings (SSSR count). The highest BCUT2D eigenvalue weighted by Gasteiger charge is 2.18. The van der Waals surface area contributed by atoms with E-state index in [0.717, 1.165) is 0 Å². The molecule has 0 aliphatic heterocycles. The summed E-state index contributed by atoms with van der Waals surface area (Å²) in [4.78, 5) is 23.1. The van der Waals surface area contributed by atoms with E-state index in [9.17, 15) is 9.59 Å². The molecule has 4 heteroatoms. The molecule has 0 saturated carbocycles. The first-order valence-corrected chi connectivity index (χ1v) is 5.08. The Morgan fingerprint density at radius 3 is 2.12 bits per heavy atom. The fourth-order valence-electron chi connectivity index (χ4n) is 1.50. The molecule has 0 atom stereocenters. The summed E-state index contributed by atoms with van der Waals surface area (Å²) in [6.07, 6.45) is 1.60. The van der Waals surface area contributed by atoms with Crippen LogP contribution in [0.1, 0.15) is 22.8 Å². The number of carbonyl (C=O) groups is 2. The van der Waals surface area contributed by atoms with Crippen LogP contribution >= 0.6 is 0 Å². The van der Waals surface area contributed by atoms with Crippen molar-refractivity contribution in [2.45, 2.75) is 6.92 Å². The number of hydrogen-bond donors (Lipinski definition) is 0. The average Bonchev–Trinajstić information content (AvgIpc) is 2.39. The number of carbonyl (C=O) groups excluding carboxylic acids is 2. The van der Waals surface area contributed by atoms with Gasteiger partial charge in [-0.05, 0) is 13.0 Å². The van der Waals surface area contributed by atoms with E-state index < -0.39 is 11.9 Å². The predicted octanol–water partition coefficient (Wildman–Crippen LogP) is 2.05. The van der Waals surface area contributed by atoms with Crippen LogP contribution in [0.2, 0.25) is 0 Å². The summed E-state index contributed by atoms with van der Waals surface area (Å²) in [5, 5.41) is 0. The van der Waals surface area contributed by atoms with Crippen LogP contribution in [0.3, 0.4) is 0 Å². The Bertz CT molecular complexity index is 460. The summed E-state index contributed by atoms with van der Waals surface area (Å²) in [5.41, 5.74) is 1.19. The minimum atomic E-state index is -0.483. The number of ether oxygens (including phenoxy) is 2. The van der Waals surface area contributed by atoms with Crippen LogP contribution in [0, 0.1) is 0 Å². The van der Waals surface area contributed by atoms with Gasteiger partial charge in [-0.3, -0.25) is 0 Å². The SMILES string of the molecule is C/C=C(/C(=O)OC)c1ccccc1C(=O)OC. The maximum absolute atomic E-state index is 11.6. The van der Waals surface area contributed by atoms with Crippen molar-refractivity contribution in [1.82, 2.24) is 0 Å². The first-order chi connectivity index (χ1) is 8.15. The zero-order valence-corrected chi connectivity index (χ0v) is 10.0. The van der Waals surface area contributed by atoms with E-state index in [-0.39, 0.29) is 0 Å². The van der Waals surface area contributed by atoms with Crippen molar-refractivity contribution >= 4 is 17.5 Å². The van der Waals surface area contributed by atoms with E-state index in [4.69, 9.17) is 0 Å². The van der Waals surface area contributed by atoms with Crippen molar-refractivity contribution in [2.75, 3.05) is 14.2 Å². The maximum atomic E-state index is 11.6. The summed E-state index contributed by atoms with van der Waals surface area (Å²) in [7, 11) is 2.60. The van der Waals surface area contributed by atoms with Gasteiger partial charge < -0.3 is 9.47 Å². The zero-order chi connectivity index (χ0) is 12.8. The molecular weight excluding hydrogens is 220 g/mol. The smallest absolute Gasteiger partial charge is 0.338 e. The summed E-state index contributed by atoms with van der Waals surface area (Å²) in [6.45, 7) is 1.71. The Hall–Kier alpha value is -2.10. The van der Waals surface area contributed by atoms with Gasteiger partial charge in [0.2, 0.25) is 0 Å². The standard InChI is InChI=1S/C13H14O4/c1-4-9(12(14)16-2)10-7-5-6-8-11(10)13(15)17-3/h4-8H,1-3H3/b9-4+. The molecule has 17 heavy (non-hydrogen) atoms. The van der Waals surface area contributed by atoms with Gasteiger partial charge in [0, 0.05) is 5.56 Å². The van der Waals surface area contributed by atoms with Gasteiger partial charge in [0.25, 0.3) is 0 Å². The third kappa shape index (κ3) is 2.72. The third-order valence-electron chi connectivity index (χ3n) is 2.32. The molecule has 0 N–H and O–H groups in total. The molecule has 0 radical (unpaired) electrons. The lowest BCUT2D eigenvalue weighted by Crippen LogP contribution is -2.10. The lowest BCUT2D eigenvalue weighted by atomic mass is 9.99. The fourth-order valence-corrected chi connectivity index (χ4v) is 1.50. The maximum Gasteiger partial charge on any atom is 0.338 e. The van der Waals surface area contributed by atoms with E-state index in [1.807, 2.05) is 0 Å². The molecule has 0 unspecified atom stereocenters. The van der Waals surface area contributed by atoms with Crippen molar-refractivity contribution in [1.29, 1.82) is 0 Å². The molecule has 0 heterocycles. The van der Waals surface area contributed by atoms with Crippen molar-refractivity contribution < 1.29 is 19.1 Å². The zero-order valence-electron chi connectivity index (χ0n) is 10.0. The topological polar surface area (TPSA) is 52.6 Å². The summed E-state index contributed by atoms with van der Waals surface area (Å²) in [6, 6.07) is 6.74. The molecule has 1 aromatic carbocycles. The Morgan fingerprint density at radius 1 is 1.06 bits per heavy atom. The molecular formula is C13H14O4. The minimum Gasteiger partial charge on any atom is -0.465 e. The van der Waals surface area contributed by atoms with Crippen LogP contribution in [0.4, 0.5) is 0 Å². The highest BCUT2D eigenvalue weighted by molar-refractivity contribution is 6.18. The van der Waals surface area contributed by atoms with E-state index in [2.05, 4.69) is 9.47 Å². The molecule has 0 bridgehead atoms. The summed E-state index contributed by atoms with van der Waals surface area (Å²) in [5.74, 6) is -0.965. The molecule has 0 amide bonds. The number of hydrogen-bond acceptors (Lipinski definition) is 4. The van der Waals surface area contributed by atoms with E-state index in [1.165, 1.54) is 14.2 Å². The Balaban J connectivity index is 3.30. The normalized spacial score (nSPS) is 10.9. The van der Waals surface area contributed by atoms with E-state index in [0.29, 0.717) is 16.7 Å². The Kier molecular flexibility index (Phi) is 4.46. The van der Waals surface area contributed by atoms with Crippen LogP contribution in [-0.4, -0.2) is 26.2 Å². The molecule has 0 aliphatic carbocycles. The second-order valence-corrected chi connectivity index (χ2v) is 3.23. The molecule has 90 valence electrons. The largest absolute Gasteiger partial charge is 0.465 e. The van der Waals surface area contributed by atoms with Gasteiger partial charge >= 0.3 is 11.9 Å². The summed E-state index contributed by atoms with van der Waals surface area (Å²) < 4.78 is 9.33. The van der Waals surface area contributed by atoms with Gasteiger partial charge in [0.05, 0.1) is 25.4 Å². The predicted molar refractivity (Wildman–Crippen MR) is 63.4 cm³/mol. The third-order valence-corrected chi connectivity index (χ3v) is 2.32. The second kappa shape index (κ2) is 5.84. The molecule has 4 nitrogen and oxygen atoms in total. The van der Waals surface area contributed by atoms with Crippen LogP contribution in [0.25, 0.3) is 5.57 Å². The molecule has 0 fully saturated rings. The van der Waals surface area contributed by atoms with Crippen LogP contribution < -0.4 is 0 Å². The first-order valence-electron chi connectivity index (χ1n) is 5.08. The van der Waals surface area contributed by atoms with Gasteiger partial charge in [-0.25, -0.2) is 9.59 Å². The van der Waals surface area contributed by atoms with Crippen LogP contribution in [0.15, 0.2) is 30.3 Å². The second-order valence-electron chi connectivity index (χ2n) is 3.23. The number of rotatable bonds is 3. The minimum absolute atomic E-state index is 0.341. The quantitative estimate of drug-likeness (QED) is 0.593. The van der Waals surface area contributed by atoms with Gasteiger partial charge in [-0.1, -0.05) is 24.3 Å². The van der Waals surface area contributed by atoms with Crippen molar-refractivity contribution in [3.8, 4) is 0 Å². The molecule has 0 aromatic heterocycles. The fraction of sp³-hybridized carbons (Fsp3) is 0.231. The molecule has 1 aromatic rings. The monoisotopic (exact) mass is 234 g/mol. The van der Waals surface area contributed by atoms with Crippen molar-refractivity contribution in [3.05, 3.63) is 41.5 Å². The van der Waals surface area contributed by atoms with Crippen LogP contribution in [0.5, 0.6) is 0 Å². The van der Waals surface area contributed by atoms with E-state index in [1.54, 1.807) is 37.3 Å². The lowest BCUT2D eigenvalue weighted by molar-refractivity contribution is -0.133. The Morgan fingerprint density at radius 2 is 1.65 bits per heavy atom. The molecule has 0 spiro atoms.